The summed E-state index contributed by atoms with van der Waals surface area (Å²) in [5.41, 5.74) is 0. The summed E-state index contributed by atoms with van der Waals surface area (Å²) in [6.45, 7) is 3.38. The lowest BCUT2D eigenvalue weighted by atomic mass is 10.2. The van der Waals surface area contributed by atoms with Gasteiger partial charge in [-0.2, -0.15) is 0 Å². The minimum absolute atomic E-state index is 0.0396. The maximum absolute atomic E-state index is 10.7. The van der Waals surface area contributed by atoms with Crippen molar-refractivity contribution in [1.29, 1.82) is 0 Å². The molecule has 0 unspecified atom stereocenters. The first-order chi connectivity index (χ1) is 5.63. The number of halogens is 1. The second kappa shape index (κ2) is 4.41. The van der Waals surface area contributed by atoms with Crippen molar-refractivity contribution in [2.45, 2.75) is 38.6 Å². The van der Waals surface area contributed by atoms with Gasteiger partial charge in [0.25, 0.3) is 0 Å². The molecule has 1 aliphatic heterocycles. The molecule has 0 aromatic rings. The largest absolute Gasteiger partial charge is 0.460 e. The standard InChI is InChI=1S/C8H13IO3/c1-5-8(12-6(2)10)3-7(4-9)11-5/h5,7-8H,3-4H2,1-2H3/t5-,7-,8+/m0/s1. The van der Waals surface area contributed by atoms with Crippen LogP contribution < -0.4 is 0 Å². The van der Waals surface area contributed by atoms with Crippen molar-refractivity contribution in [3.63, 3.8) is 0 Å². The molecule has 70 valence electrons. The third kappa shape index (κ3) is 2.58. The quantitative estimate of drug-likeness (QED) is 0.438. The molecule has 0 N–H and O–H groups in total. The van der Waals surface area contributed by atoms with Crippen molar-refractivity contribution >= 4 is 28.6 Å². The van der Waals surface area contributed by atoms with Gasteiger partial charge in [-0.15, -0.1) is 0 Å². The summed E-state index contributed by atoms with van der Waals surface area (Å²) < 4.78 is 11.6. The minimum atomic E-state index is -0.218. The first-order valence-corrected chi connectivity index (χ1v) is 5.54. The zero-order chi connectivity index (χ0) is 9.14. The molecule has 0 aromatic carbocycles. The van der Waals surface area contributed by atoms with Gasteiger partial charge in [0.15, 0.2) is 0 Å². The van der Waals surface area contributed by atoms with E-state index in [4.69, 9.17) is 9.47 Å². The summed E-state index contributed by atoms with van der Waals surface area (Å²) in [6, 6.07) is 0. The van der Waals surface area contributed by atoms with E-state index < -0.39 is 0 Å². The number of hydrogen-bond acceptors (Lipinski definition) is 3. The average Bonchev–Trinajstić information content (AvgIpc) is 2.31. The Morgan fingerprint density at radius 3 is 2.83 bits per heavy atom. The maximum Gasteiger partial charge on any atom is 0.302 e. The van der Waals surface area contributed by atoms with E-state index in [-0.39, 0.29) is 24.3 Å². The highest BCUT2D eigenvalue weighted by molar-refractivity contribution is 14.1. The highest BCUT2D eigenvalue weighted by Crippen LogP contribution is 2.24. The van der Waals surface area contributed by atoms with Crippen LogP contribution in [-0.4, -0.2) is 28.7 Å². The van der Waals surface area contributed by atoms with Gasteiger partial charge in [-0.1, -0.05) is 22.6 Å². The third-order valence-electron chi connectivity index (χ3n) is 1.92. The van der Waals surface area contributed by atoms with Crippen LogP contribution in [0.25, 0.3) is 0 Å². The molecular weight excluding hydrogens is 271 g/mol. The van der Waals surface area contributed by atoms with Crippen LogP contribution in [0.15, 0.2) is 0 Å². The van der Waals surface area contributed by atoms with Crippen molar-refractivity contribution < 1.29 is 14.3 Å². The lowest BCUT2D eigenvalue weighted by Crippen LogP contribution is -2.23. The third-order valence-corrected chi connectivity index (χ3v) is 2.90. The predicted octanol–water partition coefficient (Wildman–Crippen LogP) is 1.53. The van der Waals surface area contributed by atoms with Gasteiger partial charge in [0.2, 0.25) is 0 Å². The highest BCUT2D eigenvalue weighted by Gasteiger charge is 2.33. The molecule has 1 fully saturated rings. The summed E-state index contributed by atoms with van der Waals surface area (Å²) in [5.74, 6) is -0.218. The van der Waals surface area contributed by atoms with Crippen molar-refractivity contribution in [3.05, 3.63) is 0 Å². The molecule has 1 saturated heterocycles. The van der Waals surface area contributed by atoms with Crippen LogP contribution in [0.5, 0.6) is 0 Å². The number of ether oxygens (including phenoxy) is 2. The zero-order valence-electron chi connectivity index (χ0n) is 7.25. The molecule has 12 heavy (non-hydrogen) atoms. The van der Waals surface area contributed by atoms with Crippen molar-refractivity contribution in [2.75, 3.05) is 4.43 Å². The Morgan fingerprint density at radius 2 is 2.42 bits per heavy atom. The number of hydrogen-bond donors (Lipinski definition) is 0. The molecule has 0 radical (unpaired) electrons. The summed E-state index contributed by atoms with van der Waals surface area (Å²) in [5, 5.41) is 0. The van der Waals surface area contributed by atoms with Crippen LogP contribution in [0.2, 0.25) is 0 Å². The van der Waals surface area contributed by atoms with Crippen molar-refractivity contribution in [2.24, 2.45) is 0 Å². The van der Waals surface area contributed by atoms with Gasteiger partial charge in [-0.25, -0.2) is 0 Å². The first kappa shape index (κ1) is 10.2. The lowest BCUT2D eigenvalue weighted by Gasteiger charge is -2.12. The van der Waals surface area contributed by atoms with E-state index in [1.807, 2.05) is 6.92 Å². The van der Waals surface area contributed by atoms with E-state index in [9.17, 15) is 4.79 Å². The molecule has 3 atom stereocenters. The molecule has 0 bridgehead atoms. The van der Waals surface area contributed by atoms with E-state index >= 15 is 0 Å². The van der Waals surface area contributed by atoms with Gasteiger partial charge in [-0.3, -0.25) is 4.79 Å². The summed E-state index contributed by atoms with van der Waals surface area (Å²) in [6.07, 6.45) is 1.10. The van der Waals surface area contributed by atoms with Gasteiger partial charge in [-0.05, 0) is 6.92 Å². The molecule has 3 nitrogen and oxygen atoms in total. The van der Waals surface area contributed by atoms with Gasteiger partial charge < -0.3 is 9.47 Å². The second-order valence-electron chi connectivity index (χ2n) is 3.00. The fourth-order valence-corrected chi connectivity index (χ4v) is 1.92. The van der Waals surface area contributed by atoms with Crippen LogP contribution >= 0.6 is 22.6 Å². The molecule has 0 amide bonds. The van der Waals surface area contributed by atoms with E-state index in [2.05, 4.69) is 22.6 Å². The topological polar surface area (TPSA) is 35.5 Å². The predicted molar refractivity (Wildman–Crippen MR) is 53.4 cm³/mol. The first-order valence-electron chi connectivity index (χ1n) is 4.02. The molecule has 4 heteroatoms. The maximum atomic E-state index is 10.7. The molecular formula is C8H13IO3. The molecule has 1 heterocycles. The Kier molecular flexibility index (Phi) is 3.77. The Labute approximate surface area is 85.9 Å². The number of carbonyl (C=O) groups excluding carboxylic acids is 1. The van der Waals surface area contributed by atoms with Crippen LogP contribution in [0.1, 0.15) is 20.3 Å². The van der Waals surface area contributed by atoms with E-state index in [1.165, 1.54) is 6.92 Å². The van der Waals surface area contributed by atoms with E-state index in [1.54, 1.807) is 0 Å². The second-order valence-corrected chi connectivity index (χ2v) is 3.88. The molecule has 0 spiro atoms. The fourth-order valence-electron chi connectivity index (χ4n) is 1.35. The Morgan fingerprint density at radius 1 is 1.75 bits per heavy atom. The fraction of sp³-hybridized carbons (Fsp3) is 0.875. The number of alkyl halides is 1. The smallest absolute Gasteiger partial charge is 0.302 e. The summed E-state index contributed by atoms with van der Waals surface area (Å²) >= 11 is 2.28. The molecule has 1 rings (SSSR count). The summed E-state index contributed by atoms with van der Waals surface area (Å²) in [7, 11) is 0. The highest BCUT2D eigenvalue weighted by atomic mass is 127. The molecule has 0 aromatic heterocycles. The van der Waals surface area contributed by atoms with Gasteiger partial charge in [0, 0.05) is 17.8 Å². The van der Waals surface area contributed by atoms with Gasteiger partial charge in [0.05, 0.1) is 12.2 Å². The molecule has 1 aliphatic rings. The zero-order valence-corrected chi connectivity index (χ0v) is 9.41. The molecule has 0 aliphatic carbocycles. The van der Waals surface area contributed by atoms with Crippen molar-refractivity contribution in [3.8, 4) is 0 Å². The van der Waals surface area contributed by atoms with E-state index in [0.717, 1.165) is 10.8 Å². The Hall–Kier alpha value is 0.160. The number of carbonyl (C=O) groups is 1. The van der Waals surface area contributed by atoms with Gasteiger partial charge >= 0.3 is 5.97 Å². The number of esters is 1. The molecule has 0 saturated carbocycles. The number of rotatable bonds is 2. The monoisotopic (exact) mass is 284 g/mol. The van der Waals surface area contributed by atoms with Crippen LogP contribution in [0, 0.1) is 0 Å². The van der Waals surface area contributed by atoms with E-state index in [0.29, 0.717) is 0 Å². The lowest BCUT2D eigenvalue weighted by molar-refractivity contribution is -0.148. The van der Waals surface area contributed by atoms with Crippen LogP contribution in [0.4, 0.5) is 0 Å². The Balaban J connectivity index is 2.40. The normalized spacial score (nSPS) is 35.1. The van der Waals surface area contributed by atoms with Crippen LogP contribution in [0.3, 0.4) is 0 Å². The SMILES string of the molecule is CC(=O)O[C@@H]1C[C@@H](CI)O[C@H]1C. The summed E-state index contributed by atoms with van der Waals surface area (Å²) in [4.78, 5) is 10.7. The van der Waals surface area contributed by atoms with Crippen LogP contribution in [-0.2, 0) is 14.3 Å². The minimum Gasteiger partial charge on any atom is -0.460 e. The van der Waals surface area contributed by atoms with Gasteiger partial charge in [0.1, 0.15) is 6.10 Å². The Bertz CT molecular complexity index is 172. The average molecular weight is 284 g/mol. The van der Waals surface area contributed by atoms with Crippen molar-refractivity contribution in [1.82, 2.24) is 0 Å².